The van der Waals surface area contributed by atoms with Gasteiger partial charge in [-0.25, -0.2) is 0 Å². The molecule has 0 amide bonds. The van der Waals surface area contributed by atoms with Gasteiger partial charge in [-0.05, 0) is 57.1 Å². The van der Waals surface area contributed by atoms with E-state index in [0.717, 1.165) is 16.7 Å². The molecular formula is C30H40O6. The van der Waals surface area contributed by atoms with Crippen molar-refractivity contribution >= 4 is 11.6 Å². The Morgan fingerprint density at radius 3 is 1.75 bits per heavy atom. The zero-order chi connectivity index (χ0) is 28.1. The van der Waals surface area contributed by atoms with Crippen molar-refractivity contribution in [2.24, 2.45) is 10.8 Å². The van der Waals surface area contributed by atoms with E-state index in [4.69, 9.17) is 5.11 Å². The number of hydrogen-bond donors (Lipinski definition) is 4. The summed E-state index contributed by atoms with van der Waals surface area (Å²) in [5, 5.41) is 37.8. The summed E-state index contributed by atoms with van der Waals surface area (Å²) in [4.78, 5) is 23.5. The molecule has 6 nitrogen and oxygen atoms in total. The van der Waals surface area contributed by atoms with E-state index in [-0.39, 0.29) is 35.1 Å². The Balaban J connectivity index is 0.000000360. The second kappa shape index (κ2) is 11.7. The quantitative estimate of drug-likeness (QED) is 0.277. The predicted molar refractivity (Wildman–Crippen MR) is 144 cm³/mol. The van der Waals surface area contributed by atoms with Crippen molar-refractivity contribution in [1.82, 2.24) is 0 Å². The van der Waals surface area contributed by atoms with Gasteiger partial charge >= 0.3 is 0 Å². The highest BCUT2D eigenvalue weighted by atomic mass is 16.3. The fourth-order valence-corrected chi connectivity index (χ4v) is 3.99. The average molecular weight is 497 g/mol. The van der Waals surface area contributed by atoms with Gasteiger partial charge in [0.2, 0.25) is 11.6 Å². The van der Waals surface area contributed by atoms with Gasteiger partial charge in [0.15, 0.2) is 11.5 Å². The topological polar surface area (TPSA) is 115 Å². The van der Waals surface area contributed by atoms with Crippen molar-refractivity contribution in [1.29, 1.82) is 0 Å². The van der Waals surface area contributed by atoms with E-state index >= 15 is 0 Å². The number of rotatable bonds is 6. The summed E-state index contributed by atoms with van der Waals surface area (Å²) >= 11 is 0. The molecule has 0 radical (unpaired) electrons. The molecule has 0 aliphatic heterocycles. The second-order valence-corrected chi connectivity index (χ2v) is 10.5. The fraction of sp³-hybridized carbons (Fsp3) is 0.400. The van der Waals surface area contributed by atoms with Gasteiger partial charge in [-0.1, -0.05) is 70.2 Å². The normalized spacial score (nSPS) is 21.8. The molecule has 2 rings (SSSR count). The molecule has 0 aromatic carbocycles. The lowest BCUT2D eigenvalue weighted by atomic mass is 9.75. The van der Waals surface area contributed by atoms with Gasteiger partial charge in [-0.3, -0.25) is 9.59 Å². The zero-order valence-corrected chi connectivity index (χ0v) is 22.6. The third kappa shape index (κ3) is 7.64. The molecule has 2 aliphatic carbocycles. The first-order valence-electron chi connectivity index (χ1n) is 11.8. The minimum atomic E-state index is -1.12. The number of Topliss-reactive ketones (excluding diaryl/α,β-unsaturated/α-hetero) is 2. The maximum Gasteiger partial charge on any atom is 0.222 e. The molecule has 0 aromatic heterocycles. The van der Waals surface area contributed by atoms with E-state index in [1.807, 2.05) is 46.8 Å². The van der Waals surface area contributed by atoms with E-state index in [2.05, 4.69) is 6.58 Å². The lowest BCUT2D eigenvalue weighted by Crippen LogP contribution is -2.24. The Bertz CT molecular complexity index is 1130. The third-order valence-corrected chi connectivity index (χ3v) is 6.26. The Labute approximate surface area is 214 Å². The Morgan fingerprint density at radius 1 is 0.944 bits per heavy atom. The molecule has 0 aromatic rings. The molecule has 4 N–H and O–H groups in total. The smallest absolute Gasteiger partial charge is 0.222 e. The van der Waals surface area contributed by atoms with Crippen molar-refractivity contribution in [3.8, 4) is 0 Å². The van der Waals surface area contributed by atoms with E-state index in [1.165, 1.54) is 12.2 Å². The molecule has 0 bridgehead atoms. The number of ketones is 2. The van der Waals surface area contributed by atoms with Gasteiger partial charge in [-0.2, -0.15) is 0 Å². The summed E-state index contributed by atoms with van der Waals surface area (Å²) in [5.74, 6) is -1.09. The monoisotopic (exact) mass is 496 g/mol. The van der Waals surface area contributed by atoms with Crippen molar-refractivity contribution in [3.63, 3.8) is 0 Å². The first-order chi connectivity index (χ1) is 16.4. The van der Waals surface area contributed by atoms with Crippen LogP contribution in [-0.2, 0) is 9.59 Å². The number of aliphatic hydroxyl groups is 4. The molecule has 1 unspecified atom stereocenters. The van der Waals surface area contributed by atoms with E-state index < -0.39 is 11.0 Å². The maximum absolute atomic E-state index is 11.7. The van der Waals surface area contributed by atoms with Crippen molar-refractivity contribution in [2.75, 3.05) is 6.61 Å². The summed E-state index contributed by atoms with van der Waals surface area (Å²) < 4.78 is 0. The van der Waals surface area contributed by atoms with Crippen LogP contribution in [0.5, 0.6) is 0 Å². The number of carbonyl (C=O) groups is 2. The highest BCUT2D eigenvalue weighted by Gasteiger charge is 2.32. The standard InChI is InChI=1S/2C15H20O3/c1-10(7-8-16)5-6-12-11(2)14(18)13(17)9-15(12,3)4;1-6-15(5,18)8-7-11-10(2)13(17)12(16)9-14(11,3)4/h5-7,9,16-17H,8H2,1-4H3;6-9,16,18H,1H2,2-5H3/b6-5+,10-7+;8-7+. The van der Waals surface area contributed by atoms with Gasteiger partial charge in [0, 0.05) is 22.0 Å². The first kappa shape index (κ1) is 30.8. The Kier molecular flexibility index (Phi) is 9.99. The summed E-state index contributed by atoms with van der Waals surface area (Å²) in [6.45, 7) is 18.1. The summed E-state index contributed by atoms with van der Waals surface area (Å²) in [5.41, 5.74) is 1.72. The lowest BCUT2D eigenvalue weighted by Gasteiger charge is -2.29. The van der Waals surface area contributed by atoms with Gasteiger partial charge in [0.25, 0.3) is 0 Å². The molecule has 0 fully saturated rings. The van der Waals surface area contributed by atoms with Crippen LogP contribution in [-0.4, -0.2) is 44.2 Å². The van der Waals surface area contributed by atoms with E-state index in [9.17, 15) is 24.9 Å². The number of hydrogen-bond acceptors (Lipinski definition) is 6. The highest BCUT2D eigenvalue weighted by Crippen LogP contribution is 2.38. The number of aliphatic hydroxyl groups excluding tert-OH is 3. The van der Waals surface area contributed by atoms with Crippen LogP contribution in [0.1, 0.15) is 55.4 Å². The van der Waals surface area contributed by atoms with Crippen LogP contribution in [0, 0.1) is 10.8 Å². The molecule has 0 saturated heterocycles. The van der Waals surface area contributed by atoms with Gasteiger partial charge in [0.05, 0.1) is 12.2 Å². The second-order valence-electron chi connectivity index (χ2n) is 10.5. The van der Waals surface area contributed by atoms with Crippen LogP contribution in [0.2, 0.25) is 0 Å². The lowest BCUT2D eigenvalue weighted by molar-refractivity contribution is -0.115. The SMILES string of the molecule is C=CC(C)(O)/C=C/C1=C(C)C(=O)C(O)=CC1(C)C.CC1=C(/C=C/C(C)=C/CO)C(C)(C)C=C(O)C1=O. The van der Waals surface area contributed by atoms with Gasteiger partial charge < -0.3 is 20.4 Å². The minimum absolute atomic E-state index is 0.00276. The Hall–Kier alpha value is -3.22. The van der Waals surface area contributed by atoms with Crippen molar-refractivity contribution in [2.45, 2.75) is 61.0 Å². The fourth-order valence-electron chi connectivity index (χ4n) is 3.99. The van der Waals surface area contributed by atoms with Crippen LogP contribution < -0.4 is 0 Å². The molecule has 36 heavy (non-hydrogen) atoms. The molecule has 2 aliphatic rings. The summed E-state index contributed by atoms with van der Waals surface area (Å²) in [6.07, 6.45) is 13.3. The third-order valence-electron chi connectivity index (χ3n) is 6.26. The molecule has 0 spiro atoms. The first-order valence-corrected chi connectivity index (χ1v) is 11.8. The molecule has 0 saturated carbocycles. The average Bonchev–Trinajstić information content (AvgIpc) is 2.75. The molecule has 0 heterocycles. The van der Waals surface area contributed by atoms with Crippen LogP contribution in [0.25, 0.3) is 0 Å². The minimum Gasteiger partial charge on any atom is -0.504 e. The predicted octanol–water partition coefficient (Wildman–Crippen LogP) is 5.70. The summed E-state index contributed by atoms with van der Waals surface area (Å²) in [6, 6.07) is 0. The number of carbonyl (C=O) groups excluding carboxylic acids is 2. The number of allylic oxidation sites excluding steroid dienone is 10. The van der Waals surface area contributed by atoms with Gasteiger partial charge in [0.1, 0.15) is 0 Å². The molecule has 6 heteroatoms. The molecule has 1 atom stereocenters. The van der Waals surface area contributed by atoms with Crippen molar-refractivity contribution < 1.29 is 30.0 Å². The highest BCUT2D eigenvalue weighted by molar-refractivity contribution is 6.08. The Morgan fingerprint density at radius 2 is 1.36 bits per heavy atom. The maximum atomic E-state index is 11.7. The molecule has 196 valence electrons. The van der Waals surface area contributed by atoms with E-state index in [1.54, 1.807) is 45.1 Å². The van der Waals surface area contributed by atoms with Crippen LogP contribution in [0.4, 0.5) is 0 Å². The zero-order valence-electron chi connectivity index (χ0n) is 22.6. The molecular weight excluding hydrogens is 456 g/mol. The van der Waals surface area contributed by atoms with Crippen LogP contribution >= 0.6 is 0 Å². The van der Waals surface area contributed by atoms with E-state index in [0.29, 0.717) is 11.1 Å². The van der Waals surface area contributed by atoms with Crippen molar-refractivity contribution in [3.05, 3.63) is 94.6 Å². The van der Waals surface area contributed by atoms with Crippen LogP contribution in [0.3, 0.4) is 0 Å². The summed E-state index contributed by atoms with van der Waals surface area (Å²) in [7, 11) is 0. The largest absolute Gasteiger partial charge is 0.504 e. The van der Waals surface area contributed by atoms with Gasteiger partial charge in [-0.15, -0.1) is 0 Å². The van der Waals surface area contributed by atoms with Crippen LogP contribution in [0.15, 0.2) is 94.6 Å².